The second-order valence-electron chi connectivity index (χ2n) is 5.61. The molecule has 0 radical (unpaired) electrons. The number of hydrogen-bond acceptors (Lipinski definition) is 3. The second kappa shape index (κ2) is 8.09. The van der Waals surface area contributed by atoms with Crippen molar-refractivity contribution in [2.24, 2.45) is 0 Å². The third-order valence-corrected chi connectivity index (χ3v) is 5.47. The molecule has 0 saturated carbocycles. The number of nitrogens with zero attached hydrogens (tertiary/aromatic N) is 3. The molecule has 6 heteroatoms. The summed E-state index contributed by atoms with van der Waals surface area (Å²) in [5.74, 6) is 1.58. The Balaban J connectivity index is 1.84. The molecule has 1 aromatic heterocycles. The van der Waals surface area contributed by atoms with E-state index in [9.17, 15) is 0 Å². The molecule has 0 aliphatic heterocycles. The van der Waals surface area contributed by atoms with Crippen LogP contribution in [0.5, 0.6) is 0 Å². The zero-order chi connectivity index (χ0) is 17.8. The maximum atomic E-state index is 6.09. The molecule has 0 unspecified atom stereocenters. The number of rotatable bonds is 6. The fourth-order valence-electron chi connectivity index (χ4n) is 2.38. The van der Waals surface area contributed by atoms with Gasteiger partial charge in [0.05, 0.1) is 10.0 Å². The van der Waals surface area contributed by atoms with E-state index in [0.29, 0.717) is 16.6 Å². The highest BCUT2D eigenvalue weighted by atomic mass is 35.5. The topological polar surface area (TPSA) is 30.7 Å². The van der Waals surface area contributed by atoms with E-state index in [0.717, 1.165) is 27.9 Å². The summed E-state index contributed by atoms with van der Waals surface area (Å²) < 4.78 is 2.07. The van der Waals surface area contributed by atoms with Crippen molar-refractivity contribution in [3.05, 3.63) is 76.3 Å². The number of thioether (sulfide) groups is 1. The highest BCUT2D eigenvalue weighted by molar-refractivity contribution is 7.98. The van der Waals surface area contributed by atoms with Gasteiger partial charge in [-0.25, -0.2) is 0 Å². The van der Waals surface area contributed by atoms with Gasteiger partial charge in [-0.1, -0.05) is 76.9 Å². The number of halogens is 2. The van der Waals surface area contributed by atoms with Gasteiger partial charge in [-0.05, 0) is 24.6 Å². The molecule has 0 amide bonds. The van der Waals surface area contributed by atoms with Gasteiger partial charge in [0.2, 0.25) is 0 Å². The molecule has 3 nitrogen and oxygen atoms in total. The van der Waals surface area contributed by atoms with Gasteiger partial charge in [-0.2, -0.15) is 0 Å². The summed E-state index contributed by atoms with van der Waals surface area (Å²) in [6, 6.07) is 13.9. The van der Waals surface area contributed by atoms with Gasteiger partial charge in [0.25, 0.3) is 0 Å². The Bertz CT molecular complexity index is 888. The predicted octanol–water partition coefficient (Wildman–Crippen LogP) is 6.04. The minimum Gasteiger partial charge on any atom is -0.298 e. The Morgan fingerprint density at radius 1 is 1.08 bits per heavy atom. The van der Waals surface area contributed by atoms with Crippen LogP contribution < -0.4 is 0 Å². The fourth-order valence-corrected chi connectivity index (χ4v) is 3.59. The molecule has 0 fully saturated rings. The Hall–Kier alpha value is -1.75. The molecule has 25 heavy (non-hydrogen) atoms. The lowest BCUT2D eigenvalue weighted by Crippen LogP contribution is -2.00. The molecule has 0 atom stereocenters. The van der Waals surface area contributed by atoms with E-state index in [1.807, 2.05) is 24.3 Å². The van der Waals surface area contributed by atoms with Crippen molar-refractivity contribution < 1.29 is 0 Å². The normalized spacial score (nSPS) is 10.8. The van der Waals surface area contributed by atoms with Crippen molar-refractivity contribution in [2.75, 3.05) is 0 Å². The van der Waals surface area contributed by atoms with E-state index in [1.54, 1.807) is 11.8 Å². The van der Waals surface area contributed by atoms with Gasteiger partial charge in [0.1, 0.15) is 0 Å². The predicted molar refractivity (Wildman–Crippen MR) is 106 cm³/mol. The smallest absolute Gasteiger partial charge is 0.192 e. The van der Waals surface area contributed by atoms with Crippen LogP contribution in [-0.2, 0) is 12.3 Å². The molecule has 2 aromatic carbocycles. The fraction of sp³-hybridized carbons (Fsp3) is 0.158. The summed E-state index contributed by atoms with van der Waals surface area (Å²) in [6.07, 6.45) is 1.85. The van der Waals surface area contributed by atoms with Gasteiger partial charge in [-0.15, -0.1) is 16.8 Å². The number of aryl methyl sites for hydroxylation is 1. The lowest BCUT2D eigenvalue weighted by Gasteiger charge is -2.08. The number of allylic oxidation sites excluding steroid dienone is 1. The van der Waals surface area contributed by atoms with E-state index in [4.69, 9.17) is 23.2 Å². The average molecular weight is 390 g/mol. The van der Waals surface area contributed by atoms with Crippen LogP contribution in [0.2, 0.25) is 10.0 Å². The van der Waals surface area contributed by atoms with Crippen molar-refractivity contribution >= 4 is 35.0 Å². The van der Waals surface area contributed by atoms with Crippen LogP contribution in [0, 0.1) is 6.92 Å². The molecular weight excluding hydrogens is 373 g/mol. The zero-order valence-corrected chi connectivity index (χ0v) is 16.1. The Labute approximate surface area is 161 Å². The number of benzene rings is 2. The summed E-state index contributed by atoms with van der Waals surface area (Å²) in [6.45, 7) is 6.57. The van der Waals surface area contributed by atoms with Crippen LogP contribution in [0.3, 0.4) is 0 Å². The molecule has 3 aromatic rings. The Morgan fingerprint density at radius 2 is 1.84 bits per heavy atom. The number of hydrogen-bond donors (Lipinski definition) is 0. The van der Waals surface area contributed by atoms with Crippen LogP contribution in [0.25, 0.3) is 11.4 Å². The van der Waals surface area contributed by atoms with Gasteiger partial charge in [0.15, 0.2) is 11.0 Å². The lowest BCUT2D eigenvalue weighted by molar-refractivity contribution is 0.731. The van der Waals surface area contributed by atoms with Crippen LogP contribution in [0.15, 0.2) is 60.3 Å². The van der Waals surface area contributed by atoms with E-state index in [1.165, 1.54) is 5.56 Å². The molecule has 0 bridgehead atoms. The second-order valence-corrected chi connectivity index (χ2v) is 7.37. The maximum Gasteiger partial charge on any atom is 0.192 e. The first-order chi connectivity index (χ1) is 12.1. The molecule has 0 N–H and O–H groups in total. The average Bonchev–Trinajstić information content (AvgIpc) is 3.00. The number of aromatic nitrogens is 3. The SMILES string of the molecule is C=CCn1c(SCc2ccc(Cl)c(Cl)c2)nnc1-c1ccc(C)cc1. The summed E-state index contributed by atoms with van der Waals surface area (Å²) in [5, 5.41) is 10.7. The molecule has 0 aliphatic rings. The molecule has 0 aliphatic carbocycles. The van der Waals surface area contributed by atoms with Crippen LogP contribution in [0.4, 0.5) is 0 Å². The first-order valence-electron chi connectivity index (χ1n) is 7.76. The third-order valence-electron chi connectivity index (χ3n) is 3.69. The van der Waals surface area contributed by atoms with Crippen molar-refractivity contribution in [3.8, 4) is 11.4 Å². The van der Waals surface area contributed by atoms with Crippen LogP contribution in [0.1, 0.15) is 11.1 Å². The van der Waals surface area contributed by atoms with E-state index >= 15 is 0 Å². The maximum absolute atomic E-state index is 6.09. The summed E-state index contributed by atoms with van der Waals surface area (Å²) >= 11 is 13.7. The first-order valence-corrected chi connectivity index (χ1v) is 9.50. The monoisotopic (exact) mass is 389 g/mol. The largest absolute Gasteiger partial charge is 0.298 e. The highest BCUT2D eigenvalue weighted by Gasteiger charge is 2.13. The van der Waals surface area contributed by atoms with E-state index in [-0.39, 0.29) is 0 Å². The van der Waals surface area contributed by atoms with Crippen LogP contribution in [-0.4, -0.2) is 14.8 Å². The minimum absolute atomic E-state index is 0.562. The quantitative estimate of drug-likeness (QED) is 0.380. The van der Waals surface area contributed by atoms with Crippen molar-refractivity contribution in [1.29, 1.82) is 0 Å². The molecule has 128 valence electrons. The summed E-state index contributed by atoms with van der Waals surface area (Å²) in [5.41, 5.74) is 3.35. The van der Waals surface area contributed by atoms with Gasteiger partial charge in [0, 0.05) is 17.9 Å². The first kappa shape index (κ1) is 18.1. The molecule has 1 heterocycles. The van der Waals surface area contributed by atoms with Gasteiger partial charge >= 0.3 is 0 Å². The molecule has 3 rings (SSSR count). The van der Waals surface area contributed by atoms with Crippen LogP contribution >= 0.6 is 35.0 Å². The highest BCUT2D eigenvalue weighted by Crippen LogP contribution is 2.29. The molecular formula is C19H17Cl2N3S. The van der Waals surface area contributed by atoms with E-state index in [2.05, 4.69) is 52.5 Å². The Morgan fingerprint density at radius 3 is 2.52 bits per heavy atom. The molecule has 0 saturated heterocycles. The van der Waals surface area contributed by atoms with Crippen molar-refractivity contribution in [3.63, 3.8) is 0 Å². The lowest BCUT2D eigenvalue weighted by atomic mass is 10.1. The van der Waals surface area contributed by atoms with Crippen molar-refractivity contribution in [2.45, 2.75) is 24.4 Å². The third kappa shape index (κ3) is 4.27. The standard InChI is InChI=1S/C19H17Cl2N3S/c1-3-10-24-18(15-7-4-13(2)5-8-15)22-23-19(24)25-12-14-6-9-16(20)17(21)11-14/h3-9,11H,1,10,12H2,2H3. The van der Waals surface area contributed by atoms with Gasteiger partial charge < -0.3 is 0 Å². The summed E-state index contributed by atoms with van der Waals surface area (Å²) in [4.78, 5) is 0. The zero-order valence-electron chi connectivity index (χ0n) is 13.7. The van der Waals surface area contributed by atoms with Crippen molar-refractivity contribution in [1.82, 2.24) is 14.8 Å². The molecule has 0 spiro atoms. The van der Waals surface area contributed by atoms with E-state index < -0.39 is 0 Å². The Kier molecular flexibility index (Phi) is 5.84. The minimum atomic E-state index is 0.562. The summed E-state index contributed by atoms with van der Waals surface area (Å²) in [7, 11) is 0. The van der Waals surface area contributed by atoms with Gasteiger partial charge in [-0.3, -0.25) is 4.57 Å².